The second-order valence-corrected chi connectivity index (χ2v) is 12.3. The summed E-state index contributed by atoms with van der Waals surface area (Å²) < 4.78 is 30.7. The molecule has 240 valence electrons. The van der Waals surface area contributed by atoms with E-state index >= 15 is 0 Å². The Morgan fingerprint density at radius 1 is 1.04 bits per heavy atom. The Morgan fingerprint density at radius 3 is 2.56 bits per heavy atom. The zero-order valence-electron chi connectivity index (χ0n) is 25.0. The van der Waals surface area contributed by atoms with Crippen molar-refractivity contribution in [3.63, 3.8) is 0 Å². The molecule has 2 N–H and O–H groups in total. The number of anilines is 1. The minimum absolute atomic E-state index is 0.0836. The summed E-state index contributed by atoms with van der Waals surface area (Å²) in [5.74, 6) is 0.454. The van der Waals surface area contributed by atoms with Crippen LogP contribution in [0.4, 0.5) is 14.5 Å². The molecule has 45 heavy (non-hydrogen) atoms. The molecule has 2 amide bonds. The van der Waals surface area contributed by atoms with Crippen molar-refractivity contribution in [1.29, 1.82) is 0 Å². The van der Waals surface area contributed by atoms with Crippen molar-refractivity contribution < 1.29 is 23.1 Å². The molecule has 1 aliphatic carbocycles. The van der Waals surface area contributed by atoms with Crippen LogP contribution in [0, 0.1) is 0 Å². The monoisotopic (exact) mass is 658 g/mol. The Morgan fingerprint density at radius 2 is 1.82 bits per heavy atom. The third kappa shape index (κ3) is 9.39. The number of rotatable bonds is 15. The first-order valence-electron chi connectivity index (χ1n) is 15.3. The average Bonchev–Trinajstić information content (AvgIpc) is 3.87. The van der Waals surface area contributed by atoms with Crippen molar-refractivity contribution in [2.24, 2.45) is 0 Å². The molecule has 0 bridgehead atoms. The molecule has 0 spiro atoms. The highest BCUT2D eigenvalue weighted by Gasteiger charge is 2.41. The van der Waals surface area contributed by atoms with Crippen LogP contribution in [0.3, 0.4) is 0 Å². The van der Waals surface area contributed by atoms with E-state index in [9.17, 15) is 18.4 Å². The van der Waals surface area contributed by atoms with Crippen LogP contribution in [-0.4, -0.2) is 68.0 Å². The molecule has 0 radical (unpaired) electrons. The summed E-state index contributed by atoms with van der Waals surface area (Å²) in [5.41, 5.74) is 3.54. The van der Waals surface area contributed by atoms with Gasteiger partial charge in [0.25, 0.3) is 6.43 Å². The molecule has 1 atom stereocenters. The van der Waals surface area contributed by atoms with Crippen molar-refractivity contribution in [1.82, 2.24) is 15.5 Å². The van der Waals surface area contributed by atoms with Crippen LogP contribution in [0.15, 0.2) is 66.7 Å². The number of halogens is 4. The molecule has 0 aromatic heterocycles. The molecule has 3 aromatic carbocycles. The SMILES string of the molecule is O=C([C@H]1CNCC(=O)N1c1ccc(CCCOc2cccc(Cl)c2)cc1)N(Cc1cc(CCNCC(F)F)ccc1Cl)C1CC1. The smallest absolute Gasteiger partial charge is 0.250 e. The molecule has 7 nitrogen and oxygen atoms in total. The van der Waals surface area contributed by atoms with Gasteiger partial charge in [-0.1, -0.05) is 53.5 Å². The van der Waals surface area contributed by atoms with Gasteiger partial charge in [-0.25, -0.2) is 8.78 Å². The molecule has 2 fully saturated rings. The third-order valence-corrected chi connectivity index (χ3v) is 8.58. The predicted octanol–water partition coefficient (Wildman–Crippen LogP) is 5.90. The highest BCUT2D eigenvalue weighted by molar-refractivity contribution is 6.31. The number of ether oxygens (including phenoxy) is 1. The number of carbonyl (C=O) groups is 2. The first-order valence-corrected chi connectivity index (χ1v) is 16.1. The number of amides is 2. The van der Waals surface area contributed by atoms with E-state index in [4.69, 9.17) is 27.9 Å². The molecule has 1 saturated carbocycles. The molecular weight excluding hydrogens is 621 g/mol. The minimum Gasteiger partial charge on any atom is -0.494 e. The lowest BCUT2D eigenvalue weighted by molar-refractivity contribution is -0.136. The van der Waals surface area contributed by atoms with Crippen LogP contribution in [0.25, 0.3) is 0 Å². The average molecular weight is 660 g/mol. The molecule has 1 aliphatic heterocycles. The van der Waals surface area contributed by atoms with Crippen molar-refractivity contribution in [2.75, 3.05) is 37.7 Å². The maximum absolute atomic E-state index is 14.1. The Balaban J connectivity index is 1.23. The van der Waals surface area contributed by atoms with Crippen LogP contribution < -0.4 is 20.3 Å². The van der Waals surface area contributed by atoms with Crippen LogP contribution in [0.1, 0.15) is 36.0 Å². The van der Waals surface area contributed by atoms with E-state index in [0.717, 1.165) is 48.1 Å². The normalized spacial score (nSPS) is 16.7. The fourth-order valence-electron chi connectivity index (χ4n) is 5.53. The summed E-state index contributed by atoms with van der Waals surface area (Å²) in [4.78, 5) is 30.8. The van der Waals surface area contributed by atoms with Gasteiger partial charge < -0.3 is 20.3 Å². The van der Waals surface area contributed by atoms with E-state index in [0.29, 0.717) is 48.4 Å². The van der Waals surface area contributed by atoms with Gasteiger partial charge in [-0.2, -0.15) is 0 Å². The van der Waals surface area contributed by atoms with E-state index in [1.54, 1.807) is 23.1 Å². The number of piperazine rings is 1. The zero-order chi connectivity index (χ0) is 31.8. The number of nitrogens with one attached hydrogen (secondary N) is 2. The highest BCUT2D eigenvalue weighted by Crippen LogP contribution is 2.32. The second kappa shape index (κ2) is 15.9. The first kappa shape index (κ1) is 33.1. The van der Waals surface area contributed by atoms with Gasteiger partial charge in [0.1, 0.15) is 11.8 Å². The van der Waals surface area contributed by atoms with E-state index in [-0.39, 0.29) is 30.9 Å². The van der Waals surface area contributed by atoms with Gasteiger partial charge in [0.05, 0.1) is 19.7 Å². The molecule has 0 unspecified atom stereocenters. The van der Waals surface area contributed by atoms with Crippen molar-refractivity contribution >= 4 is 40.7 Å². The maximum atomic E-state index is 14.1. The number of aryl methyl sites for hydroxylation is 1. The lowest BCUT2D eigenvalue weighted by Crippen LogP contribution is -2.61. The quantitative estimate of drug-likeness (QED) is 0.199. The van der Waals surface area contributed by atoms with Gasteiger partial charge in [-0.05, 0) is 91.7 Å². The van der Waals surface area contributed by atoms with Gasteiger partial charge in [0.15, 0.2) is 0 Å². The fraction of sp³-hybridized carbons (Fsp3) is 0.412. The van der Waals surface area contributed by atoms with Gasteiger partial charge in [-0.3, -0.25) is 14.5 Å². The molecule has 1 saturated heterocycles. The van der Waals surface area contributed by atoms with E-state index < -0.39 is 12.5 Å². The van der Waals surface area contributed by atoms with Gasteiger partial charge in [0, 0.05) is 34.9 Å². The van der Waals surface area contributed by atoms with Crippen LogP contribution in [0.2, 0.25) is 10.0 Å². The number of carbonyl (C=O) groups excluding carboxylic acids is 2. The number of nitrogens with zero attached hydrogens (tertiary/aromatic N) is 2. The number of hydrogen-bond acceptors (Lipinski definition) is 5. The first-order chi connectivity index (χ1) is 21.8. The molecular formula is C34H38Cl2F2N4O3. The molecule has 11 heteroatoms. The van der Waals surface area contributed by atoms with Crippen LogP contribution in [-0.2, 0) is 29.0 Å². The summed E-state index contributed by atoms with van der Waals surface area (Å²) in [5, 5.41) is 7.04. The minimum atomic E-state index is -2.39. The van der Waals surface area contributed by atoms with Crippen molar-refractivity contribution in [3.8, 4) is 5.75 Å². The van der Waals surface area contributed by atoms with Gasteiger partial charge in [0.2, 0.25) is 11.8 Å². The van der Waals surface area contributed by atoms with Crippen LogP contribution in [0.5, 0.6) is 5.75 Å². The van der Waals surface area contributed by atoms with Gasteiger partial charge >= 0.3 is 0 Å². The Labute approximate surface area is 272 Å². The van der Waals surface area contributed by atoms with Crippen LogP contribution >= 0.6 is 23.2 Å². The lowest BCUT2D eigenvalue weighted by Gasteiger charge is -2.38. The standard InChI is InChI=1S/C34H38Cl2F2N4O3/c35-26-4-1-5-29(18-26)45-16-2-3-23-6-9-28(10-7-23)42-31(19-40-21-33(42)43)34(44)41(27-11-12-27)22-25-17-24(8-13-30(25)36)14-15-39-20-32(37)38/h1,4-10,13,17-18,27,31-32,39-40H,2-3,11-12,14-16,19-22H2/t31-/m1/s1. The van der Waals surface area contributed by atoms with E-state index in [1.807, 2.05) is 53.4 Å². The summed E-state index contributed by atoms with van der Waals surface area (Å²) in [7, 11) is 0. The van der Waals surface area contributed by atoms with E-state index in [1.165, 1.54) is 0 Å². The fourth-order valence-corrected chi connectivity index (χ4v) is 5.89. The molecule has 2 aliphatic rings. The number of alkyl halides is 2. The maximum Gasteiger partial charge on any atom is 0.250 e. The molecule has 1 heterocycles. The molecule has 3 aromatic rings. The Hall–Kier alpha value is -3.24. The summed E-state index contributed by atoms with van der Waals surface area (Å²) in [6.45, 7) is 1.43. The van der Waals surface area contributed by atoms with E-state index in [2.05, 4.69) is 10.6 Å². The Bertz CT molecular complexity index is 1460. The largest absolute Gasteiger partial charge is 0.494 e. The third-order valence-electron chi connectivity index (χ3n) is 7.98. The zero-order valence-corrected chi connectivity index (χ0v) is 26.5. The number of benzene rings is 3. The topological polar surface area (TPSA) is 73.9 Å². The van der Waals surface area contributed by atoms with Gasteiger partial charge in [-0.15, -0.1) is 0 Å². The highest BCUT2D eigenvalue weighted by atomic mass is 35.5. The van der Waals surface area contributed by atoms with Crippen molar-refractivity contribution in [3.05, 3.63) is 93.5 Å². The summed E-state index contributed by atoms with van der Waals surface area (Å²) in [6.07, 6.45) is 1.57. The summed E-state index contributed by atoms with van der Waals surface area (Å²) >= 11 is 12.6. The molecule has 5 rings (SSSR count). The van der Waals surface area contributed by atoms with Crippen molar-refractivity contribution in [2.45, 2.75) is 57.2 Å². The predicted molar refractivity (Wildman–Crippen MR) is 173 cm³/mol. The number of hydrogen-bond donors (Lipinski definition) is 2. The lowest BCUT2D eigenvalue weighted by atomic mass is 10.0. The Kier molecular flexibility index (Phi) is 11.7. The second-order valence-electron chi connectivity index (χ2n) is 11.5. The summed E-state index contributed by atoms with van der Waals surface area (Å²) in [6, 6.07) is 20.1.